The molecule has 0 amide bonds. The van der Waals surface area contributed by atoms with E-state index in [9.17, 15) is 14.9 Å². The summed E-state index contributed by atoms with van der Waals surface area (Å²) in [5, 5.41) is 10.8. The van der Waals surface area contributed by atoms with Crippen molar-refractivity contribution in [2.45, 2.75) is 33.2 Å². The minimum absolute atomic E-state index is 0.0707. The summed E-state index contributed by atoms with van der Waals surface area (Å²) in [6.07, 6.45) is -0.0707. The van der Waals surface area contributed by atoms with Crippen molar-refractivity contribution in [2.24, 2.45) is 5.73 Å². The fourth-order valence-electron chi connectivity index (χ4n) is 1.48. The Morgan fingerprint density at radius 1 is 1.42 bits per heavy atom. The van der Waals surface area contributed by atoms with E-state index in [-0.39, 0.29) is 18.7 Å². The molecule has 0 aliphatic carbocycles. The molecule has 0 bridgehead atoms. The van der Waals surface area contributed by atoms with Crippen molar-refractivity contribution in [1.82, 2.24) is 0 Å². The third-order valence-corrected chi connectivity index (χ3v) is 2.22. The van der Waals surface area contributed by atoms with Crippen LogP contribution in [0.5, 0.6) is 0 Å². The summed E-state index contributed by atoms with van der Waals surface area (Å²) in [6.45, 7) is 5.96. The van der Waals surface area contributed by atoms with E-state index < -0.39 is 16.9 Å². The maximum Gasteiger partial charge on any atom is 0.307 e. The maximum absolute atomic E-state index is 11.2. The Morgan fingerprint density at radius 3 is 2.53 bits per heavy atom. The lowest BCUT2D eigenvalue weighted by atomic mass is 10.0. The summed E-state index contributed by atoms with van der Waals surface area (Å²) in [5.74, 6) is -0.460. The second-order valence-electron chi connectivity index (χ2n) is 3.43. The zero-order valence-corrected chi connectivity index (χ0v) is 11.5. The van der Waals surface area contributed by atoms with Crippen molar-refractivity contribution in [2.75, 3.05) is 6.61 Å². The SMILES string of the molecule is CC.CCOC(=O)CC(N)c1ccccc1[N+](=O)[O-]. The van der Waals surface area contributed by atoms with Crippen LogP contribution in [0.4, 0.5) is 5.69 Å². The molecule has 0 saturated carbocycles. The molecule has 1 aromatic carbocycles. The van der Waals surface area contributed by atoms with Gasteiger partial charge in [0.25, 0.3) is 5.69 Å². The van der Waals surface area contributed by atoms with Gasteiger partial charge in [0.1, 0.15) is 0 Å². The van der Waals surface area contributed by atoms with Crippen LogP contribution in [-0.2, 0) is 9.53 Å². The number of hydrogen-bond acceptors (Lipinski definition) is 5. The van der Waals surface area contributed by atoms with Crippen LogP contribution in [0.3, 0.4) is 0 Å². The van der Waals surface area contributed by atoms with Gasteiger partial charge in [-0.1, -0.05) is 32.0 Å². The standard InChI is InChI=1S/C11H14N2O4.C2H6/c1-2-17-11(14)7-9(12)8-5-3-4-6-10(8)13(15)16;1-2/h3-6,9H,2,7,12H2,1H3;1-2H3. The quantitative estimate of drug-likeness (QED) is 0.503. The Balaban J connectivity index is 0.00000154. The van der Waals surface area contributed by atoms with Crippen LogP contribution in [0.1, 0.15) is 38.8 Å². The van der Waals surface area contributed by atoms with E-state index in [1.165, 1.54) is 6.07 Å². The van der Waals surface area contributed by atoms with Gasteiger partial charge in [-0.15, -0.1) is 0 Å². The molecule has 1 unspecified atom stereocenters. The molecule has 1 atom stereocenters. The van der Waals surface area contributed by atoms with Gasteiger partial charge >= 0.3 is 5.97 Å². The molecule has 1 aromatic rings. The highest BCUT2D eigenvalue weighted by atomic mass is 16.6. The van der Waals surface area contributed by atoms with Gasteiger partial charge in [-0.05, 0) is 6.92 Å². The van der Waals surface area contributed by atoms with Crippen molar-refractivity contribution in [1.29, 1.82) is 0 Å². The van der Waals surface area contributed by atoms with Crippen LogP contribution < -0.4 is 5.73 Å². The first kappa shape index (κ1) is 17.1. The lowest BCUT2D eigenvalue weighted by Crippen LogP contribution is -2.18. The zero-order valence-electron chi connectivity index (χ0n) is 11.5. The van der Waals surface area contributed by atoms with E-state index >= 15 is 0 Å². The largest absolute Gasteiger partial charge is 0.466 e. The average molecular weight is 268 g/mol. The average Bonchev–Trinajstić information content (AvgIpc) is 2.41. The molecule has 1 rings (SSSR count). The molecule has 0 radical (unpaired) electrons. The summed E-state index contributed by atoms with van der Waals surface area (Å²) in [4.78, 5) is 21.5. The molecule has 0 aromatic heterocycles. The summed E-state index contributed by atoms with van der Waals surface area (Å²) in [6, 6.07) is 5.38. The highest BCUT2D eigenvalue weighted by molar-refractivity contribution is 5.70. The van der Waals surface area contributed by atoms with Crippen LogP contribution in [-0.4, -0.2) is 17.5 Å². The fourth-order valence-corrected chi connectivity index (χ4v) is 1.48. The van der Waals surface area contributed by atoms with Gasteiger partial charge in [-0.2, -0.15) is 0 Å². The minimum atomic E-state index is -0.726. The lowest BCUT2D eigenvalue weighted by Gasteiger charge is -2.11. The highest BCUT2D eigenvalue weighted by Gasteiger charge is 2.21. The highest BCUT2D eigenvalue weighted by Crippen LogP contribution is 2.25. The monoisotopic (exact) mass is 268 g/mol. The molecular weight excluding hydrogens is 248 g/mol. The number of nitro benzene ring substituents is 1. The molecule has 19 heavy (non-hydrogen) atoms. The van der Waals surface area contributed by atoms with Crippen LogP contribution >= 0.6 is 0 Å². The fraction of sp³-hybridized carbons (Fsp3) is 0.462. The van der Waals surface area contributed by atoms with Gasteiger partial charge in [0.2, 0.25) is 0 Å². The van der Waals surface area contributed by atoms with Crippen molar-refractivity contribution in [3.05, 3.63) is 39.9 Å². The Hall–Kier alpha value is -1.95. The third kappa shape index (κ3) is 5.48. The summed E-state index contributed by atoms with van der Waals surface area (Å²) >= 11 is 0. The molecule has 0 saturated heterocycles. The van der Waals surface area contributed by atoms with Crippen LogP contribution in [0.15, 0.2) is 24.3 Å². The molecule has 0 aliphatic rings. The normalized spacial score (nSPS) is 10.9. The topological polar surface area (TPSA) is 95.5 Å². The van der Waals surface area contributed by atoms with E-state index in [0.717, 1.165) is 0 Å². The Kier molecular flexibility index (Phi) is 8.12. The predicted octanol–water partition coefficient (Wildman–Crippen LogP) is 2.57. The van der Waals surface area contributed by atoms with Crippen LogP contribution in [0.25, 0.3) is 0 Å². The Labute approximate surface area is 112 Å². The van der Waals surface area contributed by atoms with Crippen LogP contribution in [0, 0.1) is 10.1 Å². The molecule has 0 heterocycles. The Morgan fingerprint density at radius 2 is 2.00 bits per heavy atom. The molecule has 0 fully saturated rings. The minimum Gasteiger partial charge on any atom is -0.466 e. The molecule has 6 heteroatoms. The molecule has 0 spiro atoms. The van der Waals surface area contributed by atoms with Crippen molar-refractivity contribution in [3.63, 3.8) is 0 Å². The van der Waals surface area contributed by atoms with E-state index in [1.807, 2.05) is 13.8 Å². The predicted molar refractivity (Wildman–Crippen MR) is 72.6 cm³/mol. The van der Waals surface area contributed by atoms with Crippen molar-refractivity contribution < 1.29 is 14.5 Å². The van der Waals surface area contributed by atoms with E-state index in [0.29, 0.717) is 5.56 Å². The summed E-state index contributed by atoms with van der Waals surface area (Å²) < 4.78 is 4.75. The molecule has 6 nitrogen and oxygen atoms in total. The van der Waals surface area contributed by atoms with E-state index in [1.54, 1.807) is 25.1 Å². The third-order valence-electron chi connectivity index (χ3n) is 2.22. The summed E-state index contributed by atoms with van der Waals surface area (Å²) in [5.41, 5.74) is 6.02. The second kappa shape index (κ2) is 9.04. The molecule has 106 valence electrons. The number of benzene rings is 1. The maximum atomic E-state index is 11.2. The van der Waals surface area contributed by atoms with Gasteiger partial charge < -0.3 is 10.5 Å². The van der Waals surface area contributed by atoms with Gasteiger partial charge in [0.15, 0.2) is 0 Å². The number of nitro groups is 1. The first-order chi connectivity index (χ1) is 9.06. The number of nitrogens with zero attached hydrogens (tertiary/aromatic N) is 1. The van der Waals surface area contributed by atoms with E-state index in [4.69, 9.17) is 10.5 Å². The first-order valence-corrected chi connectivity index (χ1v) is 6.20. The zero-order chi connectivity index (χ0) is 14.8. The number of carbonyl (C=O) groups is 1. The van der Waals surface area contributed by atoms with Gasteiger partial charge in [-0.25, -0.2) is 0 Å². The van der Waals surface area contributed by atoms with Crippen LogP contribution in [0.2, 0.25) is 0 Å². The smallest absolute Gasteiger partial charge is 0.307 e. The van der Waals surface area contributed by atoms with Gasteiger partial charge in [-0.3, -0.25) is 14.9 Å². The summed E-state index contributed by atoms with van der Waals surface area (Å²) in [7, 11) is 0. The number of ether oxygens (including phenoxy) is 1. The van der Waals surface area contributed by atoms with Gasteiger partial charge in [0, 0.05) is 17.7 Å². The van der Waals surface area contributed by atoms with Crippen molar-refractivity contribution in [3.8, 4) is 0 Å². The molecule has 2 N–H and O–H groups in total. The number of para-hydroxylation sites is 1. The number of esters is 1. The lowest BCUT2D eigenvalue weighted by molar-refractivity contribution is -0.385. The number of nitrogens with two attached hydrogens (primary N) is 1. The number of carbonyl (C=O) groups excluding carboxylic acids is 1. The van der Waals surface area contributed by atoms with Crippen molar-refractivity contribution >= 4 is 11.7 Å². The molecular formula is C13H20N2O4. The molecule has 0 aliphatic heterocycles. The second-order valence-corrected chi connectivity index (χ2v) is 3.43. The first-order valence-electron chi connectivity index (χ1n) is 6.20. The van der Waals surface area contributed by atoms with Gasteiger partial charge in [0.05, 0.1) is 18.0 Å². The van der Waals surface area contributed by atoms with E-state index in [2.05, 4.69) is 0 Å². The Bertz CT molecular complexity index is 421. The number of hydrogen-bond donors (Lipinski definition) is 1. The number of rotatable bonds is 5.